The fourth-order valence-electron chi connectivity index (χ4n) is 3.86. The SMILES string of the molecule is COc1ccc(C(=O)c2c(C)n(Cc3cccc(O[C@@H](C)C(=O)O)c3)c3ccncc23)cc1. The van der Waals surface area contributed by atoms with Crippen molar-refractivity contribution in [2.24, 2.45) is 0 Å². The molecule has 0 saturated heterocycles. The van der Waals surface area contributed by atoms with Crippen LogP contribution in [0.5, 0.6) is 11.5 Å². The molecule has 168 valence electrons. The van der Waals surface area contributed by atoms with Gasteiger partial charge < -0.3 is 19.1 Å². The number of methoxy groups -OCH3 is 1. The Kier molecular flexibility index (Phi) is 6.13. The molecule has 0 spiro atoms. The summed E-state index contributed by atoms with van der Waals surface area (Å²) in [6.45, 7) is 3.90. The van der Waals surface area contributed by atoms with Crippen molar-refractivity contribution in [3.05, 3.63) is 89.4 Å². The second kappa shape index (κ2) is 9.16. The molecule has 4 aromatic rings. The highest BCUT2D eigenvalue weighted by molar-refractivity contribution is 6.17. The Labute approximate surface area is 191 Å². The van der Waals surface area contributed by atoms with Crippen molar-refractivity contribution in [3.8, 4) is 11.5 Å². The van der Waals surface area contributed by atoms with Crippen LogP contribution in [0.15, 0.2) is 67.0 Å². The first-order valence-electron chi connectivity index (χ1n) is 10.5. The lowest BCUT2D eigenvalue weighted by Crippen LogP contribution is -2.22. The highest BCUT2D eigenvalue weighted by Crippen LogP contribution is 2.29. The highest BCUT2D eigenvalue weighted by atomic mass is 16.5. The molecule has 2 aromatic carbocycles. The van der Waals surface area contributed by atoms with Gasteiger partial charge in [0, 0.05) is 35.6 Å². The summed E-state index contributed by atoms with van der Waals surface area (Å²) in [6, 6.07) is 16.2. The van der Waals surface area contributed by atoms with Crippen LogP contribution in [0.3, 0.4) is 0 Å². The predicted molar refractivity (Wildman–Crippen MR) is 124 cm³/mol. The molecular formula is C26H24N2O5. The van der Waals surface area contributed by atoms with E-state index in [1.54, 1.807) is 49.8 Å². The van der Waals surface area contributed by atoms with Crippen molar-refractivity contribution < 1.29 is 24.2 Å². The van der Waals surface area contributed by atoms with Crippen LogP contribution in [0.1, 0.15) is 34.1 Å². The molecule has 2 aromatic heterocycles. The van der Waals surface area contributed by atoms with Crippen LogP contribution in [0, 0.1) is 6.92 Å². The molecule has 2 heterocycles. The molecule has 0 saturated carbocycles. The summed E-state index contributed by atoms with van der Waals surface area (Å²) < 4.78 is 12.8. The van der Waals surface area contributed by atoms with Crippen molar-refractivity contribution in [3.63, 3.8) is 0 Å². The van der Waals surface area contributed by atoms with E-state index in [2.05, 4.69) is 9.55 Å². The number of aliphatic carboxylic acids is 1. The molecule has 0 aliphatic rings. The van der Waals surface area contributed by atoms with Gasteiger partial charge in [-0.3, -0.25) is 9.78 Å². The van der Waals surface area contributed by atoms with Crippen molar-refractivity contribution >= 4 is 22.7 Å². The number of carbonyl (C=O) groups excluding carboxylic acids is 1. The standard InChI is InChI=1S/C26H24N2O5/c1-16-24(25(29)19-7-9-20(32-3)10-8-19)22-14-27-12-11-23(22)28(16)15-18-5-4-6-21(13-18)33-17(2)26(30)31/h4-14,17H,15H2,1-3H3,(H,30,31)/t17-/m0/s1. The first-order valence-corrected chi connectivity index (χ1v) is 10.5. The summed E-state index contributed by atoms with van der Waals surface area (Å²) >= 11 is 0. The van der Waals surface area contributed by atoms with Crippen LogP contribution < -0.4 is 9.47 Å². The number of ether oxygens (including phenoxy) is 2. The Balaban J connectivity index is 1.72. The number of benzene rings is 2. The topological polar surface area (TPSA) is 90.7 Å². The van der Waals surface area contributed by atoms with Gasteiger partial charge in [0.1, 0.15) is 11.5 Å². The summed E-state index contributed by atoms with van der Waals surface area (Å²) in [7, 11) is 1.59. The molecule has 0 aliphatic carbocycles. The number of pyridine rings is 1. The summed E-state index contributed by atoms with van der Waals surface area (Å²) in [5.41, 5.74) is 3.81. The second-order valence-electron chi connectivity index (χ2n) is 7.74. The van der Waals surface area contributed by atoms with E-state index in [1.807, 2.05) is 31.2 Å². The number of carboxylic acid groups (broad SMARTS) is 1. The van der Waals surface area contributed by atoms with E-state index < -0.39 is 12.1 Å². The van der Waals surface area contributed by atoms with Gasteiger partial charge in [0.2, 0.25) is 0 Å². The fourth-order valence-corrected chi connectivity index (χ4v) is 3.86. The van der Waals surface area contributed by atoms with Gasteiger partial charge in [0.05, 0.1) is 18.2 Å². The molecule has 0 fully saturated rings. The summed E-state index contributed by atoms with van der Waals surface area (Å²) in [6.07, 6.45) is 2.46. The van der Waals surface area contributed by atoms with Gasteiger partial charge in [-0.25, -0.2) is 4.79 Å². The Morgan fingerprint density at radius 2 is 1.85 bits per heavy atom. The number of fused-ring (bicyclic) bond motifs is 1. The van der Waals surface area contributed by atoms with Crippen molar-refractivity contribution in [2.75, 3.05) is 7.11 Å². The molecule has 7 heteroatoms. The third-order valence-corrected chi connectivity index (χ3v) is 5.60. The van der Waals surface area contributed by atoms with Crippen molar-refractivity contribution in [1.29, 1.82) is 0 Å². The number of rotatable bonds is 8. The first kappa shape index (κ1) is 22.1. The number of ketones is 1. The monoisotopic (exact) mass is 444 g/mol. The largest absolute Gasteiger partial charge is 0.497 e. The number of carbonyl (C=O) groups is 2. The van der Waals surface area contributed by atoms with Gasteiger partial charge in [-0.15, -0.1) is 0 Å². The van der Waals surface area contributed by atoms with Gasteiger partial charge in [-0.05, 0) is 61.9 Å². The lowest BCUT2D eigenvalue weighted by molar-refractivity contribution is -0.144. The van der Waals surface area contributed by atoms with E-state index in [9.17, 15) is 9.59 Å². The summed E-state index contributed by atoms with van der Waals surface area (Å²) in [5, 5.41) is 9.89. The van der Waals surface area contributed by atoms with E-state index in [0.29, 0.717) is 29.2 Å². The third-order valence-electron chi connectivity index (χ3n) is 5.60. The van der Waals surface area contributed by atoms with Gasteiger partial charge in [-0.1, -0.05) is 12.1 Å². The van der Waals surface area contributed by atoms with E-state index >= 15 is 0 Å². The minimum atomic E-state index is -1.03. The zero-order chi connectivity index (χ0) is 23.5. The second-order valence-corrected chi connectivity index (χ2v) is 7.74. The molecule has 1 N–H and O–H groups in total. The smallest absolute Gasteiger partial charge is 0.344 e. The number of hydrogen-bond acceptors (Lipinski definition) is 5. The molecule has 0 bridgehead atoms. The number of nitrogens with zero attached hydrogens (tertiary/aromatic N) is 2. The normalized spacial score (nSPS) is 11.8. The average molecular weight is 444 g/mol. The Morgan fingerprint density at radius 3 is 2.55 bits per heavy atom. The maximum absolute atomic E-state index is 13.4. The van der Waals surface area contributed by atoms with Crippen LogP contribution in [0.2, 0.25) is 0 Å². The van der Waals surface area contributed by atoms with Gasteiger partial charge >= 0.3 is 5.97 Å². The van der Waals surface area contributed by atoms with Crippen LogP contribution in [0.25, 0.3) is 10.9 Å². The van der Waals surface area contributed by atoms with Crippen LogP contribution in [-0.2, 0) is 11.3 Å². The zero-order valence-electron chi connectivity index (χ0n) is 18.6. The molecule has 33 heavy (non-hydrogen) atoms. The van der Waals surface area contributed by atoms with Gasteiger partial charge in [0.15, 0.2) is 11.9 Å². The molecule has 1 atom stereocenters. The molecule has 0 aliphatic heterocycles. The van der Waals surface area contributed by atoms with Crippen LogP contribution in [-0.4, -0.2) is 39.6 Å². The molecule has 0 unspecified atom stereocenters. The molecule has 7 nitrogen and oxygen atoms in total. The summed E-state index contributed by atoms with van der Waals surface area (Å²) in [5.74, 6) is 0.0560. The van der Waals surface area contributed by atoms with E-state index in [1.165, 1.54) is 6.92 Å². The minimum Gasteiger partial charge on any atom is -0.497 e. The van der Waals surface area contributed by atoms with Crippen molar-refractivity contribution in [2.45, 2.75) is 26.5 Å². The molecule has 0 radical (unpaired) electrons. The Morgan fingerprint density at radius 1 is 1.09 bits per heavy atom. The zero-order valence-corrected chi connectivity index (χ0v) is 18.6. The maximum atomic E-state index is 13.4. The Hall–Kier alpha value is -4.13. The number of aromatic nitrogens is 2. The average Bonchev–Trinajstić information content (AvgIpc) is 3.10. The van der Waals surface area contributed by atoms with Crippen LogP contribution in [0.4, 0.5) is 0 Å². The molecule has 4 rings (SSSR count). The maximum Gasteiger partial charge on any atom is 0.344 e. The number of hydrogen-bond donors (Lipinski definition) is 1. The highest BCUT2D eigenvalue weighted by Gasteiger charge is 2.22. The lowest BCUT2D eigenvalue weighted by atomic mass is 10.0. The van der Waals surface area contributed by atoms with E-state index in [-0.39, 0.29) is 5.78 Å². The Bertz CT molecular complexity index is 1320. The third kappa shape index (κ3) is 4.43. The van der Waals surface area contributed by atoms with Gasteiger partial charge in [0.25, 0.3) is 0 Å². The molecule has 0 amide bonds. The van der Waals surface area contributed by atoms with Crippen LogP contribution >= 0.6 is 0 Å². The van der Waals surface area contributed by atoms with Crippen molar-refractivity contribution in [1.82, 2.24) is 9.55 Å². The van der Waals surface area contributed by atoms with E-state index in [4.69, 9.17) is 14.6 Å². The number of carboxylic acids is 1. The predicted octanol–water partition coefficient (Wildman–Crippen LogP) is 4.48. The van der Waals surface area contributed by atoms with E-state index in [0.717, 1.165) is 22.2 Å². The quantitative estimate of drug-likeness (QED) is 0.403. The molecular weight excluding hydrogens is 420 g/mol. The van der Waals surface area contributed by atoms with Gasteiger partial charge in [-0.2, -0.15) is 0 Å². The first-order chi connectivity index (χ1) is 15.9. The summed E-state index contributed by atoms with van der Waals surface area (Å²) in [4.78, 5) is 28.8. The minimum absolute atomic E-state index is 0.0840. The fraction of sp³-hybridized carbons (Fsp3) is 0.192. The lowest BCUT2D eigenvalue weighted by Gasteiger charge is -2.13.